The maximum Gasteiger partial charge on any atom is 0.258 e. The van der Waals surface area contributed by atoms with Crippen LogP contribution < -0.4 is 10.1 Å². The number of carbonyl (C=O) groups excluding carboxylic acids is 1. The molecule has 0 saturated carbocycles. The summed E-state index contributed by atoms with van der Waals surface area (Å²) in [6.07, 6.45) is 0.699. The molecular weight excluding hydrogens is 328 g/mol. The van der Waals surface area contributed by atoms with Crippen LogP contribution in [0.15, 0.2) is 48.5 Å². The van der Waals surface area contributed by atoms with Crippen molar-refractivity contribution < 1.29 is 14.3 Å². The van der Waals surface area contributed by atoms with E-state index in [0.29, 0.717) is 13.2 Å². The number of anilines is 1. The average molecular weight is 354 g/mol. The van der Waals surface area contributed by atoms with Gasteiger partial charge in [-0.3, -0.25) is 4.79 Å². The van der Waals surface area contributed by atoms with Crippen LogP contribution in [0.4, 0.5) is 5.69 Å². The normalized spacial score (nSPS) is 17.4. The van der Waals surface area contributed by atoms with Crippen LogP contribution in [0, 0.1) is 0 Å². The molecule has 2 aromatic carbocycles. The van der Waals surface area contributed by atoms with Crippen LogP contribution in [-0.4, -0.2) is 37.2 Å². The molecule has 26 heavy (non-hydrogen) atoms. The quantitative estimate of drug-likeness (QED) is 0.761. The van der Waals surface area contributed by atoms with Gasteiger partial charge in [-0.2, -0.15) is 0 Å². The van der Waals surface area contributed by atoms with Gasteiger partial charge in [0.25, 0.3) is 5.91 Å². The summed E-state index contributed by atoms with van der Waals surface area (Å²) in [5.74, 6) is 0.863. The molecule has 1 heterocycles. The predicted octanol–water partition coefficient (Wildman–Crippen LogP) is 4.08. The molecule has 0 spiro atoms. The molecule has 1 aliphatic rings. The summed E-state index contributed by atoms with van der Waals surface area (Å²) in [6, 6.07) is 15.7. The Labute approximate surface area is 154 Å². The van der Waals surface area contributed by atoms with Gasteiger partial charge in [-0.05, 0) is 43.2 Å². The van der Waals surface area contributed by atoms with Crippen LogP contribution in [0.5, 0.6) is 5.75 Å². The standard InChI is InChI=1S/C21H26N2O3/c1-4-15(2)23-20(22-19-8-6-5-7-18(19)21(23)24)16-9-11-17(12-10-16)26-14-13-25-3/h5-12,15,20,22H,4,13-14H2,1-3H3. The summed E-state index contributed by atoms with van der Waals surface area (Å²) >= 11 is 0. The Morgan fingerprint density at radius 3 is 2.54 bits per heavy atom. The SMILES string of the molecule is CCC(C)N1C(=O)c2ccccc2NC1c1ccc(OCCOC)cc1. The van der Waals surface area contributed by atoms with E-state index in [1.807, 2.05) is 53.4 Å². The molecule has 1 N–H and O–H groups in total. The molecule has 0 fully saturated rings. The molecule has 0 bridgehead atoms. The van der Waals surface area contributed by atoms with Gasteiger partial charge in [0.05, 0.1) is 12.2 Å². The monoisotopic (exact) mass is 354 g/mol. The third-order valence-corrected chi connectivity index (χ3v) is 4.78. The van der Waals surface area contributed by atoms with E-state index in [1.165, 1.54) is 0 Å². The largest absolute Gasteiger partial charge is 0.491 e. The molecule has 0 aromatic heterocycles. The van der Waals surface area contributed by atoms with Crippen molar-refractivity contribution in [1.82, 2.24) is 4.90 Å². The van der Waals surface area contributed by atoms with E-state index in [0.717, 1.165) is 29.0 Å². The Morgan fingerprint density at radius 1 is 1.12 bits per heavy atom. The lowest BCUT2D eigenvalue weighted by atomic mass is 10.0. The molecule has 0 saturated heterocycles. The van der Waals surface area contributed by atoms with E-state index >= 15 is 0 Å². The Morgan fingerprint density at radius 2 is 1.85 bits per heavy atom. The number of amides is 1. The van der Waals surface area contributed by atoms with Crippen molar-refractivity contribution in [2.45, 2.75) is 32.5 Å². The second-order valence-electron chi connectivity index (χ2n) is 6.47. The lowest BCUT2D eigenvalue weighted by molar-refractivity contribution is 0.0593. The number of carbonyl (C=O) groups is 1. The fourth-order valence-corrected chi connectivity index (χ4v) is 3.15. The zero-order valence-corrected chi connectivity index (χ0v) is 15.6. The van der Waals surface area contributed by atoms with E-state index in [2.05, 4.69) is 19.2 Å². The third kappa shape index (κ3) is 3.68. The highest BCUT2D eigenvalue weighted by Crippen LogP contribution is 2.35. The average Bonchev–Trinajstić information content (AvgIpc) is 2.68. The van der Waals surface area contributed by atoms with Gasteiger partial charge < -0.3 is 19.7 Å². The molecule has 5 nitrogen and oxygen atoms in total. The van der Waals surface area contributed by atoms with Gasteiger partial charge in [0.2, 0.25) is 0 Å². The topological polar surface area (TPSA) is 50.8 Å². The van der Waals surface area contributed by atoms with Gasteiger partial charge in [-0.25, -0.2) is 0 Å². The third-order valence-electron chi connectivity index (χ3n) is 4.78. The first-order chi connectivity index (χ1) is 12.7. The van der Waals surface area contributed by atoms with Crippen molar-refractivity contribution >= 4 is 11.6 Å². The number of methoxy groups -OCH3 is 1. The Kier molecular flexibility index (Phi) is 5.78. The molecule has 2 atom stereocenters. The van der Waals surface area contributed by atoms with Crippen molar-refractivity contribution in [1.29, 1.82) is 0 Å². The van der Waals surface area contributed by atoms with Crippen LogP contribution >= 0.6 is 0 Å². The number of nitrogens with one attached hydrogen (secondary N) is 1. The smallest absolute Gasteiger partial charge is 0.258 e. The lowest BCUT2D eigenvalue weighted by Crippen LogP contribution is -2.47. The molecule has 0 aliphatic carbocycles. The van der Waals surface area contributed by atoms with Crippen LogP contribution in [0.1, 0.15) is 42.4 Å². The molecule has 1 aliphatic heterocycles. The number of para-hydroxylation sites is 1. The number of benzene rings is 2. The minimum Gasteiger partial charge on any atom is -0.491 e. The van der Waals surface area contributed by atoms with Crippen molar-refractivity contribution in [2.24, 2.45) is 0 Å². The maximum absolute atomic E-state index is 13.1. The summed E-state index contributed by atoms with van der Waals surface area (Å²) in [7, 11) is 1.65. The van der Waals surface area contributed by atoms with Crippen LogP contribution in [-0.2, 0) is 4.74 Å². The number of ether oxygens (including phenoxy) is 2. The van der Waals surface area contributed by atoms with E-state index in [-0.39, 0.29) is 18.1 Å². The molecule has 2 unspecified atom stereocenters. The van der Waals surface area contributed by atoms with Gasteiger partial charge in [0, 0.05) is 18.8 Å². The zero-order chi connectivity index (χ0) is 18.5. The highest BCUT2D eigenvalue weighted by molar-refractivity contribution is 6.01. The summed E-state index contributed by atoms with van der Waals surface area (Å²) in [5.41, 5.74) is 2.64. The van der Waals surface area contributed by atoms with Gasteiger partial charge >= 0.3 is 0 Å². The summed E-state index contributed by atoms with van der Waals surface area (Å²) in [6.45, 7) is 5.26. The van der Waals surface area contributed by atoms with Crippen molar-refractivity contribution in [3.8, 4) is 5.75 Å². The summed E-state index contributed by atoms with van der Waals surface area (Å²) in [4.78, 5) is 15.0. The second kappa shape index (κ2) is 8.23. The van der Waals surface area contributed by atoms with Crippen LogP contribution in [0.2, 0.25) is 0 Å². The molecular formula is C21H26N2O3. The van der Waals surface area contributed by atoms with Crippen LogP contribution in [0.3, 0.4) is 0 Å². The molecule has 1 amide bonds. The number of hydrogen-bond acceptors (Lipinski definition) is 4. The highest BCUT2D eigenvalue weighted by Gasteiger charge is 2.35. The van der Waals surface area contributed by atoms with Crippen LogP contribution in [0.25, 0.3) is 0 Å². The number of fused-ring (bicyclic) bond motifs is 1. The fraction of sp³-hybridized carbons (Fsp3) is 0.381. The Balaban J connectivity index is 1.88. The Hall–Kier alpha value is -2.53. The first-order valence-corrected chi connectivity index (χ1v) is 9.05. The number of rotatable bonds is 7. The molecule has 138 valence electrons. The molecule has 0 radical (unpaired) electrons. The van der Waals surface area contributed by atoms with Crippen molar-refractivity contribution in [3.63, 3.8) is 0 Å². The molecule has 5 heteroatoms. The van der Waals surface area contributed by atoms with E-state index in [9.17, 15) is 4.79 Å². The van der Waals surface area contributed by atoms with Gasteiger partial charge in [-0.1, -0.05) is 31.2 Å². The zero-order valence-electron chi connectivity index (χ0n) is 15.6. The van der Waals surface area contributed by atoms with Gasteiger partial charge in [0.1, 0.15) is 18.5 Å². The van der Waals surface area contributed by atoms with E-state index < -0.39 is 0 Å². The first kappa shape index (κ1) is 18.3. The van der Waals surface area contributed by atoms with E-state index in [4.69, 9.17) is 9.47 Å². The highest BCUT2D eigenvalue weighted by atomic mass is 16.5. The second-order valence-corrected chi connectivity index (χ2v) is 6.47. The fourth-order valence-electron chi connectivity index (χ4n) is 3.15. The minimum absolute atomic E-state index is 0.0686. The summed E-state index contributed by atoms with van der Waals surface area (Å²) in [5, 5.41) is 3.53. The molecule has 2 aromatic rings. The number of hydrogen-bond donors (Lipinski definition) is 1. The van der Waals surface area contributed by atoms with Gasteiger partial charge in [-0.15, -0.1) is 0 Å². The predicted molar refractivity (Wildman–Crippen MR) is 103 cm³/mol. The molecule has 3 rings (SSSR count). The van der Waals surface area contributed by atoms with Crippen molar-refractivity contribution in [3.05, 3.63) is 59.7 Å². The first-order valence-electron chi connectivity index (χ1n) is 9.05. The minimum atomic E-state index is -0.194. The number of nitrogens with zero attached hydrogens (tertiary/aromatic N) is 1. The lowest BCUT2D eigenvalue weighted by Gasteiger charge is -2.41. The maximum atomic E-state index is 13.1. The Bertz CT molecular complexity index is 745. The summed E-state index contributed by atoms with van der Waals surface area (Å²) < 4.78 is 10.6. The van der Waals surface area contributed by atoms with Gasteiger partial charge in [0.15, 0.2) is 0 Å². The van der Waals surface area contributed by atoms with E-state index in [1.54, 1.807) is 7.11 Å². The van der Waals surface area contributed by atoms with Crippen molar-refractivity contribution in [2.75, 3.05) is 25.6 Å².